The first-order valence-electron chi connectivity index (χ1n) is 6.69. The fourth-order valence-electron chi connectivity index (χ4n) is 1.98. The van der Waals surface area contributed by atoms with E-state index in [9.17, 15) is 13.6 Å². The molecule has 1 atom stereocenters. The van der Waals surface area contributed by atoms with Gasteiger partial charge in [-0.2, -0.15) is 0 Å². The second-order valence-corrected chi connectivity index (χ2v) is 4.82. The first-order valence-corrected chi connectivity index (χ1v) is 6.69. The number of amides is 1. The standard InChI is InChI=1S/C16H16F2N2O/c1-11(13-5-6-14(17)15(18)9-13)20-16(21)7-4-12-3-2-8-19-10-12/h2-3,5-6,8-11H,4,7H2,1H3,(H,20,21)/t11-/m0/s1. The van der Waals surface area contributed by atoms with Gasteiger partial charge in [0.15, 0.2) is 11.6 Å². The average Bonchev–Trinajstić information content (AvgIpc) is 2.49. The zero-order valence-electron chi connectivity index (χ0n) is 11.6. The summed E-state index contributed by atoms with van der Waals surface area (Å²) in [6.45, 7) is 1.73. The fraction of sp³-hybridized carbons (Fsp3) is 0.250. The van der Waals surface area contributed by atoms with Crippen LogP contribution in [-0.4, -0.2) is 10.9 Å². The lowest BCUT2D eigenvalue weighted by Gasteiger charge is -2.14. The number of carbonyl (C=O) groups is 1. The summed E-state index contributed by atoms with van der Waals surface area (Å²) in [5.74, 6) is -1.95. The molecule has 0 fully saturated rings. The summed E-state index contributed by atoms with van der Waals surface area (Å²) in [5.41, 5.74) is 1.51. The highest BCUT2D eigenvalue weighted by Crippen LogP contribution is 2.16. The summed E-state index contributed by atoms with van der Waals surface area (Å²) in [6.07, 6.45) is 4.30. The largest absolute Gasteiger partial charge is 0.350 e. The van der Waals surface area contributed by atoms with Crippen molar-refractivity contribution in [1.29, 1.82) is 0 Å². The quantitative estimate of drug-likeness (QED) is 0.919. The van der Waals surface area contributed by atoms with Gasteiger partial charge in [-0.05, 0) is 42.7 Å². The molecule has 2 aromatic rings. The van der Waals surface area contributed by atoms with Crippen molar-refractivity contribution in [3.63, 3.8) is 0 Å². The summed E-state index contributed by atoms with van der Waals surface area (Å²) in [5, 5.41) is 2.76. The molecule has 21 heavy (non-hydrogen) atoms. The number of benzene rings is 1. The van der Waals surface area contributed by atoms with Crippen molar-refractivity contribution in [1.82, 2.24) is 10.3 Å². The predicted octanol–water partition coefficient (Wildman–Crippen LogP) is 3.17. The molecule has 0 saturated heterocycles. The van der Waals surface area contributed by atoms with E-state index >= 15 is 0 Å². The molecule has 1 N–H and O–H groups in total. The molecular weight excluding hydrogens is 274 g/mol. The van der Waals surface area contributed by atoms with Crippen LogP contribution in [0.25, 0.3) is 0 Å². The van der Waals surface area contributed by atoms with E-state index in [-0.39, 0.29) is 11.9 Å². The van der Waals surface area contributed by atoms with Gasteiger partial charge in [0.25, 0.3) is 0 Å². The molecule has 0 bridgehead atoms. The maximum Gasteiger partial charge on any atom is 0.220 e. The molecular formula is C16H16F2N2O. The van der Waals surface area contributed by atoms with E-state index in [4.69, 9.17) is 0 Å². The third kappa shape index (κ3) is 4.34. The normalized spacial score (nSPS) is 12.0. The number of pyridine rings is 1. The highest BCUT2D eigenvalue weighted by atomic mass is 19.2. The minimum atomic E-state index is -0.913. The minimum Gasteiger partial charge on any atom is -0.350 e. The fourth-order valence-corrected chi connectivity index (χ4v) is 1.98. The van der Waals surface area contributed by atoms with Crippen molar-refractivity contribution in [3.8, 4) is 0 Å². The van der Waals surface area contributed by atoms with Crippen molar-refractivity contribution < 1.29 is 13.6 Å². The van der Waals surface area contributed by atoms with Crippen LogP contribution in [0.15, 0.2) is 42.7 Å². The Bertz CT molecular complexity index is 617. The smallest absolute Gasteiger partial charge is 0.220 e. The molecule has 0 radical (unpaired) electrons. The molecule has 3 nitrogen and oxygen atoms in total. The molecule has 110 valence electrons. The van der Waals surface area contributed by atoms with E-state index in [0.29, 0.717) is 18.4 Å². The summed E-state index contributed by atoms with van der Waals surface area (Å²) >= 11 is 0. The number of nitrogens with one attached hydrogen (secondary N) is 1. The van der Waals surface area contributed by atoms with Gasteiger partial charge in [0, 0.05) is 18.8 Å². The number of hydrogen-bond donors (Lipinski definition) is 1. The van der Waals surface area contributed by atoms with Gasteiger partial charge in [0.05, 0.1) is 6.04 Å². The van der Waals surface area contributed by atoms with Crippen molar-refractivity contribution in [2.24, 2.45) is 0 Å². The zero-order valence-corrected chi connectivity index (χ0v) is 11.6. The first kappa shape index (κ1) is 15.1. The van der Waals surface area contributed by atoms with Crippen molar-refractivity contribution in [3.05, 3.63) is 65.5 Å². The van der Waals surface area contributed by atoms with Crippen LogP contribution in [0, 0.1) is 11.6 Å². The Labute approximate surface area is 122 Å². The van der Waals surface area contributed by atoms with Crippen LogP contribution in [0.2, 0.25) is 0 Å². The van der Waals surface area contributed by atoms with Crippen molar-refractivity contribution in [2.75, 3.05) is 0 Å². The molecule has 1 aromatic heterocycles. The first-order chi connectivity index (χ1) is 10.1. The third-order valence-electron chi connectivity index (χ3n) is 3.18. The van der Waals surface area contributed by atoms with E-state index in [1.807, 2.05) is 12.1 Å². The molecule has 0 aliphatic carbocycles. The Balaban J connectivity index is 1.88. The second kappa shape index (κ2) is 6.92. The highest BCUT2D eigenvalue weighted by Gasteiger charge is 2.12. The van der Waals surface area contributed by atoms with Crippen LogP contribution < -0.4 is 5.32 Å². The van der Waals surface area contributed by atoms with E-state index < -0.39 is 11.6 Å². The summed E-state index contributed by atoms with van der Waals surface area (Å²) in [7, 11) is 0. The molecule has 0 spiro atoms. The Morgan fingerprint density at radius 1 is 1.29 bits per heavy atom. The molecule has 1 aromatic carbocycles. The number of aromatic nitrogens is 1. The van der Waals surface area contributed by atoms with Crippen LogP contribution in [0.4, 0.5) is 8.78 Å². The molecule has 0 saturated carbocycles. The number of halogens is 2. The van der Waals surface area contributed by atoms with Crippen LogP contribution in [0.3, 0.4) is 0 Å². The van der Waals surface area contributed by atoms with Crippen molar-refractivity contribution in [2.45, 2.75) is 25.8 Å². The molecule has 0 unspecified atom stereocenters. The number of rotatable bonds is 5. The van der Waals surface area contributed by atoms with E-state index in [2.05, 4.69) is 10.3 Å². The van der Waals surface area contributed by atoms with Crippen molar-refractivity contribution >= 4 is 5.91 Å². The molecule has 2 rings (SSSR count). The highest BCUT2D eigenvalue weighted by molar-refractivity contribution is 5.76. The number of aryl methyl sites for hydroxylation is 1. The second-order valence-electron chi connectivity index (χ2n) is 4.82. The maximum absolute atomic E-state index is 13.2. The maximum atomic E-state index is 13.2. The molecule has 5 heteroatoms. The number of carbonyl (C=O) groups excluding carboxylic acids is 1. The van der Waals surface area contributed by atoms with E-state index in [1.165, 1.54) is 6.07 Å². The predicted molar refractivity (Wildman–Crippen MR) is 75.5 cm³/mol. The summed E-state index contributed by atoms with van der Waals surface area (Å²) < 4.78 is 26.0. The SMILES string of the molecule is C[C@H](NC(=O)CCc1cccnc1)c1ccc(F)c(F)c1. The van der Waals surface area contributed by atoms with Gasteiger partial charge < -0.3 is 5.32 Å². The Morgan fingerprint density at radius 2 is 2.10 bits per heavy atom. The van der Waals surface area contributed by atoms with Gasteiger partial charge in [-0.1, -0.05) is 12.1 Å². The zero-order chi connectivity index (χ0) is 15.2. The van der Waals surface area contributed by atoms with Crippen LogP contribution in [0.1, 0.15) is 30.5 Å². The molecule has 0 aliphatic heterocycles. The average molecular weight is 290 g/mol. The van der Waals surface area contributed by atoms with Gasteiger partial charge >= 0.3 is 0 Å². The third-order valence-corrected chi connectivity index (χ3v) is 3.18. The van der Waals surface area contributed by atoms with Gasteiger partial charge in [0.2, 0.25) is 5.91 Å². The lowest BCUT2D eigenvalue weighted by atomic mass is 10.1. The monoisotopic (exact) mass is 290 g/mol. The molecule has 1 heterocycles. The molecule has 0 aliphatic rings. The van der Waals surface area contributed by atoms with E-state index in [0.717, 1.165) is 17.7 Å². The van der Waals surface area contributed by atoms with Gasteiger partial charge in [0.1, 0.15) is 0 Å². The van der Waals surface area contributed by atoms with Gasteiger partial charge in [-0.25, -0.2) is 8.78 Å². The van der Waals surface area contributed by atoms with Crippen LogP contribution in [0.5, 0.6) is 0 Å². The van der Waals surface area contributed by atoms with Gasteiger partial charge in [-0.3, -0.25) is 9.78 Å². The van der Waals surface area contributed by atoms with Crippen LogP contribution in [-0.2, 0) is 11.2 Å². The lowest BCUT2D eigenvalue weighted by Crippen LogP contribution is -2.26. The Kier molecular flexibility index (Phi) is 4.98. The lowest BCUT2D eigenvalue weighted by molar-refractivity contribution is -0.121. The van der Waals surface area contributed by atoms with Gasteiger partial charge in [-0.15, -0.1) is 0 Å². The number of nitrogens with zero attached hydrogens (tertiary/aromatic N) is 1. The Hall–Kier alpha value is -2.30. The number of hydrogen-bond acceptors (Lipinski definition) is 2. The summed E-state index contributed by atoms with van der Waals surface area (Å²) in [6, 6.07) is 6.96. The van der Waals surface area contributed by atoms with E-state index in [1.54, 1.807) is 19.3 Å². The van der Waals surface area contributed by atoms with Crippen LogP contribution >= 0.6 is 0 Å². The summed E-state index contributed by atoms with van der Waals surface area (Å²) in [4.78, 5) is 15.8. The minimum absolute atomic E-state index is 0.143. The topological polar surface area (TPSA) is 42.0 Å². The molecule has 1 amide bonds. The Morgan fingerprint density at radius 3 is 2.76 bits per heavy atom.